The molecule has 0 bridgehead atoms. The maximum atomic E-state index is 13.0. The highest BCUT2D eigenvalue weighted by Crippen LogP contribution is 2.31. The van der Waals surface area contributed by atoms with Gasteiger partial charge in [-0.2, -0.15) is 0 Å². The Balaban J connectivity index is 1.86. The molecule has 0 aromatic heterocycles. The summed E-state index contributed by atoms with van der Waals surface area (Å²) in [5.41, 5.74) is 3.07. The lowest BCUT2D eigenvalue weighted by Crippen LogP contribution is -2.48. The zero-order valence-corrected chi connectivity index (χ0v) is 15.4. The summed E-state index contributed by atoms with van der Waals surface area (Å²) < 4.78 is 0. The molecule has 2 unspecified atom stereocenters. The zero-order valence-electron chi connectivity index (χ0n) is 15.4. The van der Waals surface area contributed by atoms with Crippen LogP contribution in [0.25, 0.3) is 0 Å². The molecule has 26 heavy (non-hydrogen) atoms. The number of carbonyl (C=O) groups is 2. The number of piperidine rings is 1. The van der Waals surface area contributed by atoms with E-state index in [0.717, 1.165) is 6.42 Å². The number of likely N-dealkylation sites (tertiary alicyclic amines) is 1. The fraction of sp³-hybridized carbons (Fsp3) is 0.364. The number of benzene rings is 2. The van der Waals surface area contributed by atoms with Gasteiger partial charge in [-0.3, -0.25) is 9.59 Å². The molecule has 0 saturated carbocycles. The van der Waals surface area contributed by atoms with Crippen molar-refractivity contribution in [3.63, 3.8) is 0 Å². The summed E-state index contributed by atoms with van der Waals surface area (Å²) in [6.07, 6.45) is 0.772. The second kappa shape index (κ2) is 8.17. The van der Waals surface area contributed by atoms with Crippen molar-refractivity contribution in [3.05, 3.63) is 71.3 Å². The van der Waals surface area contributed by atoms with Gasteiger partial charge >= 0.3 is 0 Å². The van der Waals surface area contributed by atoms with E-state index in [0.29, 0.717) is 25.2 Å². The molecule has 1 aliphatic heterocycles. The standard InChI is InChI=1S/C22H26N2O2/c1-3-23-21(25)20-13-19(18-11-7-8-16(2)12-18)14-24(15-20)22(26)17-9-5-4-6-10-17/h4-12,19-20H,3,13-15H2,1-2H3,(H,23,25). The number of rotatable bonds is 4. The van der Waals surface area contributed by atoms with Crippen LogP contribution in [0.5, 0.6) is 0 Å². The first-order valence-electron chi connectivity index (χ1n) is 9.27. The molecular formula is C22H26N2O2. The third kappa shape index (κ3) is 4.13. The largest absolute Gasteiger partial charge is 0.356 e. The van der Waals surface area contributed by atoms with Gasteiger partial charge in [0.15, 0.2) is 0 Å². The Kier molecular flexibility index (Phi) is 5.71. The van der Waals surface area contributed by atoms with E-state index in [1.807, 2.05) is 48.2 Å². The quantitative estimate of drug-likeness (QED) is 0.919. The Morgan fingerprint density at radius 3 is 2.54 bits per heavy atom. The summed E-state index contributed by atoms with van der Waals surface area (Å²) in [6, 6.07) is 17.7. The zero-order chi connectivity index (χ0) is 18.5. The van der Waals surface area contributed by atoms with Crippen molar-refractivity contribution in [1.29, 1.82) is 0 Å². The number of aryl methyl sites for hydroxylation is 1. The summed E-state index contributed by atoms with van der Waals surface area (Å²) in [4.78, 5) is 27.3. The van der Waals surface area contributed by atoms with E-state index in [9.17, 15) is 9.59 Å². The van der Waals surface area contributed by atoms with Gasteiger partial charge in [0.2, 0.25) is 5.91 Å². The van der Waals surface area contributed by atoms with Crippen LogP contribution in [0.1, 0.15) is 40.7 Å². The van der Waals surface area contributed by atoms with Gasteiger partial charge in [-0.15, -0.1) is 0 Å². The van der Waals surface area contributed by atoms with Crippen molar-refractivity contribution in [2.75, 3.05) is 19.6 Å². The average molecular weight is 350 g/mol. The lowest BCUT2D eigenvalue weighted by Gasteiger charge is -2.37. The fourth-order valence-corrected chi connectivity index (χ4v) is 3.70. The highest BCUT2D eigenvalue weighted by atomic mass is 16.2. The summed E-state index contributed by atoms with van der Waals surface area (Å²) >= 11 is 0. The minimum atomic E-state index is -0.179. The molecule has 1 fully saturated rings. The van der Waals surface area contributed by atoms with Gasteiger partial charge in [-0.05, 0) is 38.0 Å². The molecule has 1 aliphatic rings. The Bertz CT molecular complexity index is 773. The fourth-order valence-electron chi connectivity index (χ4n) is 3.70. The van der Waals surface area contributed by atoms with E-state index in [2.05, 4.69) is 30.4 Å². The summed E-state index contributed by atoms with van der Waals surface area (Å²) in [7, 11) is 0. The third-order valence-electron chi connectivity index (χ3n) is 4.99. The molecule has 136 valence electrons. The summed E-state index contributed by atoms with van der Waals surface area (Å²) in [5.74, 6) is 0.0266. The van der Waals surface area contributed by atoms with Gasteiger partial charge < -0.3 is 10.2 Å². The average Bonchev–Trinajstić information content (AvgIpc) is 2.68. The normalized spacial score (nSPS) is 19.8. The molecule has 2 atom stereocenters. The number of hydrogen-bond donors (Lipinski definition) is 1. The highest BCUT2D eigenvalue weighted by Gasteiger charge is 2.34. The second-order valence-corrected chi connectivity index (χ2v) is 7.01. The van der Waals surface area contributed by atoms with Crippen molar-refractivity contribution in [2.24, 2.45) is 5.92 Å². The summed E-state index contributed by atoms with van der Waals surface area (Å²) in [6.45, 7) is 5.72. The number of nitrogens with one attached hydrogen (secondary N) is 1. The number of nitrogens with zero attached hydrogens (tertiary/aromatic N) is 1. The van der Waals surface area contributed by atoms with Crippen molar-refractivity contribution in [1.82, 2.24) is 10.2 Å². The van der Waals surface area contributed by atoms with Crippen LogP contribution in [0.2, 0.25) is 0 Å². The Morgan fingerprint density at radius 2 is 1.85 bits per heavy atom. The lowest BCUT2D eigenvalue weighted by molar-refractivity contribution is -0.126. The van der Waals surface area contributed by atoms with Crippen LogP contribution < -0.4 is 5.32 Å². The van der Waals surface area contributed by atoms with Crippen LogP contribution in [-0.4, -0.2) is 36.3 Å². The second-order valence-electron chi connectivity index (χ2n) is 7.01. The number of carbonyl (C=O) groups excluding carboxylic acids is 2. The molecule has 0 spiro atoms. The molecule has 2 amide bonds. The number of hydrogen-bond acceptors (Lipinski definition) is 2. The molecule has 4 nitrogen and oxygen atoms in total. The Labute approximate surface area is 155 Å². The van der Waals surface area contributed by atoms with E-state index in [1.54, 1.807) is 0 Å². The minimum Gasteiger partial charge on any atom is -0.356 e. The molecule has 1 N–H and O–H groups in total. The first-order chi connectivity index (χ1) is 12.6. The predicted octanol–water partition coefficient (Wildman–Crippen LogP) is 3.38. The number of amides is 2. The molecule has 1 heterocycles. The molecular weight excluding hydrogens is 324 g/mol. The van der Waals surface area contributed by atoms with Crippen LogP contribution in [-0.2, 0) is 4.79 Å². The van der Waals surface area contributed by atoms with Gasteiger partial charge in [0.25, 0.3) is 5.91 Å². The molecule has 2 aromatic rings. The van der Waals surface area contributed by atoms with Crippen molar-refractivity contribution in [3.8, 4) is 0 Å². The lowest BCUT2D eigenvalue weighted by atomic mass is 9.83. The van der Waals surface area contributed by atoms with Crippen LogP contribution in [0.3, 0.4) is 0 Å². The Morgan fingerprint density at radius 1 is 1.08 bits per heavy atom. The van der Waals surface area contributed by atoms with Crippen molar-refractivity contribution < 1.29 is 9.59 Å². The first kappa shape index (κ1) is 18.2. The minimum absolute atomic E-state index is 0.00254. The van der Waals surface area contributed by atoms with E-state index in [-0.39, 0.29) is 23.7 Å². The maximum absolute atomic E-state index is 13.0. The van der Waals surface area contributed by atoms with Crippen LogP contribution in [0, 0.1) is 12.8 Å². The summed E-state index contributed by atoms with van der Waals surface area (Å²) in [5, 5.41) is 2.92. The van der Waals surface area contributed by atoms with Crippen molar-refractivity contribution in [2.45, 2.75) is 26.2 Å². The smallest absolute Gasteiger partial charge is 0.253 e. The molecule has 2 aromatic carbocycles. The molecule has 0 radical (unpaired) electrons. The monoisotopic (exact) mass is 350 g/mol. The Hall–Kier alpha value is -2.62. The topological polar surface area (TPSA) is 49.4 Å². The maximum Gasteiger partial charge on any atom is 0.253 e. The van der Waals surface area contributed by atoms with Gasteiger partial charge in [-0.1, -0.05) is 48.0 Å². The molecule has 0 aliphatic carbocycles. The third-order valence-corrected chi connectivity index (χ3v) is 4.99. The van der Waals surface area contributed by atoms with E-state index >= 15 is 0 Å². The van der Waals surface area contributed by atoms with Gasteiger partial charge in [0.1, 0.15) is 0 Å². The predicted molar refractivity (Wildman–Crippen MR) is 103 cm³/mol. The van der Waals surface area contributed by atoms with Crippen LogP contribution in [0.4, 0.5) is 0 Å². The highest BCUT2D eigenvalue weighted by molar-refractivity contribution is 5.94. The molecule has 3 rings (SSSR count). The van der Waals surface area contributed by atoms with Gasteiger partial charge in [0.05, 0.1) is 5.92 Å². The van der Waals surface area contributed by atoms with Crippen LogP contribution in [0.15, 0.2) is 54.6 Å². The SMILES string of the molecule is CCNC(=O)C1CC(c2cccc(C)c2)CN(C(=O)c2ccccc2)C1. The molecule has 4 heteroatoms. The first-order valence-corrected chi connectivity index (χ1v) is 9.27. The van der Waals surface area contributed by atoms with Gasteiger partial charge in [0, 0.05) is 31.1 Å². The van der Waals surface area contributed by atoms with E-state index in [4.69, 9.17) is 0 Å². The van der Waals surface area contributed by atoms with E-state index < -0.39 is 0 Å². The van der Waals surface area contributed by atoms with E-state index in [1.165, 1.54) is 11.1 Å². The van der Waals surface area contributed by atoms with Crippen molar-refractivity contribution >= 4 is 11.8 Å². The molecule has 1 saturated heterocycles. The van der Waals surface area contributed by atoms with Crippen LogP contribution >= 0.6 is 0 Å². The van der Waals surface area contributed by atoms with Gasteiger partial charge in [-0.25, -0.2) is 0 Å².